The Morgan fingerprint density at radius 2 is 1.68 bits per heavy atom. The number of hydrogen-bond acceptors (Lipinski definition) is 7. The molecule has 0 saturated carbocycles. The van der Waals surface area contributed by atoms with Gasteiger partial charge in [-0.1, -0.05) is 18.2 Å². The first-order valence-corrected chi connectivity index (χ1v) is 20.3. The zero-order valence-electron chi connectivity index (χ0n) is 32.9. The Hall–Kier alpha value is -4.88. The highest BCUT2D eigenvalue weighted by Crippen LogP contribution is 2.44. The van der Waals surface area contributed by atoms with Crippen LogP contribution in [0, 0.1) is 11.6 Å². The molecular weight excluding hydrogens is 734 g/mol. The number of nitrogens with one attached hydrogen (secondary N) is 2. The van der Waals surface area contributed by atoms with Crippen molar-refractivity contribution >= 4 is 34.3 Å². The van der Waals surface area contributed by atoms with Gasteiger partial charge in [0.05, 0.1) is 12.6 Å². The van der Waals surface area contributed by atoms with Crippen molar-refractivity contribution in [3.63, 3.8) is 0 Å². The van der Waals surface area contributed by atoms with Gasteiger partial charge in [0.25, 0.3) is 5.91 Å². The number of anilines is 1. The topological polar surface area (TPSA) is 101 Å². The number of aromatic nitrogens is 1. The molecule has 0 aliphatic carbocycles. The highest BCUT2D eigenvalue weighted by atomic mass is 19.1. The lowest BCUT2D eigenvalue weighted by Gasteiger charge is -2.43. The molecule has 10 nitrogen and oxygen atoms in total. The fourth-order valence-corrected chi connectivity index (χ4v) is 9.20. The third-order valence-electron chi connectivity index (χ3n) is 12.0. The molecule has 4 aliphatic heterocycles. The summed E-state index contributed by atoms with van der Waals surface area (Å²) in [6, 6.07) is 14.6. The number of para-hydroxylation sites is 1. The summed E-state index contributed by atoms with van der Waals surface area (Å²) in [5, 5.41) is 3.37. The van der Waals surface area contributed by atoms with Crippen molar-refractivity contribution in [2.75, 3.05) is 50.8 Å². The Labute approximate surface area is 331 Å². The Morgan fingerprint density at radius 1 is 0.930 bits per heavy atom. The summed E-state index contributed by atoms with van der Waals surface area (Å²) < 4.78 is 53.0. The number of unbranched alkanes of at least 4 members (excludes halogenated alkanes) is 2. The molecule has 302 valence electrons. The van der Waals surface area contributed by atoms with Gasteiger partial charge in [0.2, 0.25) is 11.8 Å². The smallest absolute Gasteiger partial charge is 0.255 e. The quantitative estimate of drug-likeness (QED) is 0.123. The Balaban J connectivity index is 0.816. The maximum Gasteiger partial charge on any atom is 0.255 e. The van der Waals surface area contributed by atoms with E-state index in [1.807, 2.05) is 48.2 Å². The number of H-pyrrole nitrogens is 1. The molecule has 3 unspecified atom stereocenters. The first-order chi connectivity index (χ1) is 27.3. The summed E-state index contributed by atoms with van der Waals surface area (Å²) in [6.45, 7) is 10.1. The lowest BCUT2D eigenvalue weighted by molar-refractivity contribution is -0.136. The van der Waals surface area contributed by atoms with Crippen molar-refractivity contribution in [2.24, 2.45) is 0 Å². The molecule has 0 radical (unpaired) electrons. The van der Waals surface area contributed by atoms with Gasteiger partial charge in [-0.25, -0.2) is 13.2 Å². The Bertz CT molecular complexity index is 2150. The maximum atomic E-state index is 16.0. The van der Waals surface area contributed by atoms with Crippen molar-refractivity contribution in [1.29, 1.82) is 0 Å². The van der Waals surface area contributed by atoms with E-state index in [1.54, 1.807) is 4.90 Å². The standard InChI is InChI=1S/C44H51F3N6O4/c1-27-21-33-32-9-5-6-10-36(32)48-40(33)41(53(27)26-44(2,3)47)39-34(45)23-30(24-35(39)46)57-20-8-4-7-15-50-16-18-51(19-17-50)29-11-12-31-28(22-29)25-52(43(31)56)37-13-14-38(54)49-42(37)55/h5-6,9-12,22-24,27,37,41,48H,4,7-8,13-21,25-26H2,1-3H3,(H,49,54,55). The van der Waals surface area contributed by atoms with Crippen molar-refractivity contribution in [3.05, 3.63) is 94.2 Å². The van der Waals surface area contributed by atoms with Crippen LogP contribution < -0.4 is 15.0 Å². The maximum absolute atomic E-state index is 16.0. The normalized spacial score (nSPS) is 21.9. The number of benzene rings is 3. The zero-order chi connectivity index (χ0) is 40.0. The van der Waals surface area contributed by atoms with Crippen LogP contribution in [0.5, 0.6) is 5.75 Å². The van der Waals surface area contributed by atoms with Gasteiger partial charge in [0, 0.05) is 97.3 Å². The molecule has 5 heterocycles. The lowest BCUT2D eigenvalue weighted by atomic mass is 9.87. The summed E-state index contributed by atoms with van der Waals surface area (Å²) in [5.74, 6) is -2.15. The monoisotopic (exact) mass is 784 g/mol. The number of carbonyl (C=O) groups excluding carboxylic acids is 3. The SMILES string of the molecule is CC1Cc2c([nH]c3ccccc23)C(c2c(F)cc(OCCCCCN3CCN(c4ccc5c(c4)CN(C4CCC(=O)NC4=O)C5=O)CC3)cc2F)N1CC(C)(C)F. The molecule has 2 saturated heterocycles. The van der Waals surface area contributed by atoms with Gasteiger partial charge in [0.1, 0.15) is 29.1 Å². The highest BCUT2D eigenvalue weighted by Gasteiger charge is 2.42. The molecule has 0 bridgehead atoms. The molecule has 4 aliphatic rings. The van der Waals surface area contributed by atoms with Crippen molar-refractivity contribution in [2.45, 2.75) is 89.6 Å². The van der Waals surface area contributed by atoms with Crippen LogP contribution in [-0.2, 0) is 22.6 Å². The summed E-state index contributed by atoms with van der Waals surface area (Å²) in [5.41, 5.74) is 3.50. The molecule has 4 aromatic rings. The minimum atomic E-state index is -1.57. The third-order valence-corrected chi connectivity index (χ3v) is 12.0. The van der Waals surface area contributed by atoms with Gasteiger partial charge in [-0.2, -0.15) is 0 Å². The molecule has 3 atom stereocenters. The van der Waals surface area contributed by atoms with Crippen LogP contribution >= 0.6 is 0 Å². The predicted molar refractivity (Wildman–Crippen MR) is 212 cm³/mol. The minimum Gasteiger partial charge on any atom is -0.493 e. The summed E-state index contributed by atoms with van der Waals surface area (Å²) in [4.78, 5) is 48.7. The first-order valence-electron chi connectivity index (χ1n) is 20.3. The number of ether oxygens (including phenoxy) is 1. The van der Waals surface area contributed by atoms with Gasteiger partial charge in [0.15, 0.2) is 0 Å². The van der Waals surface area contributed by atoms with E-state index in [4.69, 9.17) is 4.74 Å². The van der Waals surface area contributed by atoms with Gasteiger partial charge in [-0.05, 0) is 94.8 Å². The molecule has 1 aromatic heterocycles. The van der Waals surface area contributed by atoms with Gasteiger partial charge >= 0.3 is 0 Å². The van der Waals surface area contributed by atoms with Crippen molar-refractivity contribution in [1.82, 2.24) is 25.0 Å². The fraction of sp³-hybridized carbons (Fsp3) is 0.477. The van der Waals surface area contributed by atoms with E-state index in [0.29, 0.717) is 37.3 Å². The number of nitrogens with zero attached hydrogens (tertiary/aromatic N) is 4. The molecular formula is C44H51F3N6O4. The minimum absolute atomic E-state index is 0.0207. The summed E-state index contributed by atoms with van der Waals surface area (Å²) in [6.07, 6.45) is 3.83. The van der Waals surface area contributed by atoms with Gasteiger partial charge < -0.3 is 19.5 Å². The van der Waals surface area contributed by atoms with Crippen LogP contribution in [0.4, 0.5) is 18.9 Å². The van der Waals surface area contributed by atoms with Crippen LogP contribution in [0.3, 0.4) is 0 Å². The average molecular weight is 785 g/mol. The van der Waals surface area contributed by atoms with Crippen LogP contribution in [0.2, 0.25) is 0 Å². The van der Waals surface area contributed by atoms with Crippen LogP contribution in [-0.4, -0.2) is 101 Å². The van der Waals surface area contributed by atoms with E-state index in [0.717, 1.165) is 79.7 Å². The first kappa shape index (κ1) is 39.0. The molecule has 3 amide bonds. The fourth-order valence-electron chi connectivity index (χ4n) is 9.20. The second-order valence-electron chi connectivity index (χ2n) is 16.7. The number of amides is 3. The third kappa shape index (κ3) is 8.01. The van der Waals surface area contributed by atoms with E-state index in [1.165, 1.54) is 26.0 Å². The molecule has 0 spiro atoms. The van der Waals surface area contributed by atoms with Gasteiger partial charge in [-0.15, -0.1) is 0 Å². The average Bonchev–Trinajstić information content (AvgIpc) is 3.70. The number of piperazine rings is 1. The van der Waals surface area contributed by atoms with Gasteiger partial charge in [-0.3, -0.25) is 29.5 Å². The molecule has 3 aromatic carbocycles. The largest absolute Gasteiger partial charge is 0.493 e. The molecule has 13 heteroatoms. The lowest BCUT2D eigenvalue weighted by Crippen LogP contribution is -2.52. The van der Waals surface area contributed by atoms with Crippen LogP contribution in [0.1, 0.15) is 91.7 Å². The number of fused-ring (bicyclic) bond motifs is 4. The van der Waals surface area contributed by atoms with E-state index >= 15 is 13.2 Å². The van der Waals surface area contributed by atoms with Crippen LogP contribution in [0.25, 0.3) is 10.9 Å². The summed E-state index contributed by atoms with van der Waals surface area (Å²) in [7, 11) is 0. The van der Waals surface area contributed by atoms with E-state index < -0.39 is 35.3 Å². The molecule has 2 N–H and O–H groups in total. The van der Waals surface area contributed by atoms with E-state index in [9.17, 15) is 14.4 Å². The van der Waals surface area contributed by atoms with E-state index in [-0.39, 0.29) is 42.1 Å². The van der Waals surface area contributed by atoms with E-state index in [2.05, 4.69) is 26.2 Å². The number of piperidine rings is 1. The second-order valence-corrected chi connectivity index (χ2v) is 16.7. The molecule has 2 fully saturated rings. The second kappa shape index (κ2) is 15.8. The number of carbonyl (C=O) groups is 3. The number of halogens is 3. The number of imide groups is 1. The van der Waals surface area contributed by atoms with Crippen molar-refractivity contribution < 1.29 is 32.3 Å². The zero-order valence-corrected chi connectivity index (χ0v) is 32.9. The Kier molecular flexibility index (Phi) is 10.8. The van der Waals surface area contributed by atoms with Crippen molar-refractivity contribution in [3.8, 4) is 5.75 Å². The highest BCUT2D eigenvalue weighted by molar-refractivity contribution is 6.05. The van der Waals surface area contributed by atoms with Crippen LogP contribution in [0.15, 0.2) is 54.6 Å². The number of rotatable bonds is 12. The Morgan fingerprint density at radius 3 is 2.42 bits per heavy atom. The number of alkyl halides is 1. The number of aromatic amines is 1. The molecule has 57 heavy (non-hydrogen) atoms. The summed E-state index contributed by atoms with van der Waals surface area (Å²) >= 11 is 0. The molecule has 8 rings (SSSR count). The number of hydrogen-bond donors (Lipinski definition) is 2. The predicted octanol–water partition coefficient (Wildman–Crippen LogP) is 6.66.